The van der Waals surface area contributed by atoms with E-state index in [0.29, 0.717) is 0 Å². The van der Waals surface area contributed by atoms with Crippen molar-refractivity contribution in [2.45, 2.75) is 25.3 Å². The average Bonchev–Trinajstić information content (AvgIpc) is 3.71. The number of hydrogen-bond donors (Lipinski definition) is 0. The summed E-state index contributed by atoms with van der Waals surface area (Å²) in [5, 5.41) is 6.61. The van der Waals surface area contributed by atoms with E-state index in [9.17, 15) is 0 Å². The summed E-state index contributed by atoms with van der Waals surface area (Å²) in [6.07, 6.45) is 12.7. The number of thiophene rings is 1. The summed E-state index contributed by atoms with van der Waals surface area (Å²) in [6, 6.07) is 51.7. The Morgan fingerprint density at radius 2 is 1.33 bits per heavy atom. The molecule has 2 aromatic heterocycles. The number of rotatable bonds is 5. The highest BCUT2D eigenvalue weighted by molar-refractivity contribution is 7.19. The molecule has 0 saturated heterocycles. The van der Waals surface area contributed by atoms with E-state index in [0.717, 1.165) is 30.6 Å². The number of hydrogen-bond acceptors (Lipinski definition) is 2. The molecule has 0 amide bonds. The normalized spacial score (nSPS) is 15.1. The van der Waals surface area contributed by atoms with Gasteiger partial charge in [0.1, 0.15) is 0 Å². The predicted molar refractivity (Wildman–Crippen MR) is 211 cm³/mol. The molecule has 2 aliphatic carbocycles. The van der Waals surface area contributed by atoms with Crippen molar-refractivity contribution < 1.29 is 0 Å². The first kappa shape index (κ1) is 28.4. The lowest BCUT2D eigenvalue weighted by molar-refractivity contribution is 0.694. The standard InChI is InChI=1S/C46H34N2S/c1-2-12-35(13-3-1)47(38-25-27-46-42(30-38)40-15-7-9-17-45(40)49-46)36-22-18-32(19-23-36)34-21-26-44-41(29-34)39-14-6-8-16-43(39)48(44)37-24-20-31-10-4-5-11-33(31)28-37/h1-8,10-16,18-23,25-30,37H,9,17,24H2. The number of fused-ring (bicyclic) bond motifs is 7. The number of nitrogens with zero attached hydrogens (tertiary/aromatic N) is 2. The van der Waals surface area contributed by atoms with E-state index in [1.165, 1.54) is 69.6 Å². The Morgan fingerprint density at radius 1 is 0.592 bits per heavy atom. The summed E-state index contributed by atoms with van der Waals surface area (Å²) in [7, 11) is 0. The average molecular weight is 647 g/mol. The summed E-state index contributed by atoms with van der Waals surface area (Å²) in [5.74, 6) is 0. The lowest BCUT2D eigenvalue weighted by Crippen LogP contribution is -2.29. The van der Waals surface area contributed by atoms with Crippen LogP contribution in [0, 0.1) is 0 Å². The molecule has 10 rings (SSSR count). The van der Waals surface area contributed by atoms with Crippen molar-refractivity contribution >= 4 is 78.5 Å². The molecule has 1 atom stereocenters. The lowest BCUT2D eigenvalue weighted by Gasteiger charge is -2.26. The first-order valence-corrected chi connectivity index (χ1v) is 18.1. The first-order chi connectivity index (χ1) is 24.3. The van der Waals surface area contributed by atoms with Crippen LogP contribution < -0.4 is 15.3 Å². The van der Waals surface area contributed by atoms with E-state index >= 15 is 0 Å². The Bertz CT molecular complexity index is 2690. The van der Waals surface area contributed by atoms with E-state index < -0.39 is 0 Å². The zero-order chi connectivity index (χ0) is 32.3. The van der Waals surface area contributed by atoms with E-state index in [1.54, 1.807) is 0 Å². The van der Waals surface area contributed by atoms with Crippen LogP contribution in [0.15, 0.2) is 146 Å². The second-order valence-corrected chi connectivity index (χ2v) is 14.3. The minimum Gasteiger partial charge on any atom is -0.333 e. The number of benzene rings is 6. The van der Waals surface area contributed by atoms with Gasteiger partial charge in [0.2, 0.25) is 0 Å². The van der Waals surface area contributed by atoms with Gasteiger partial charge in [0.15, 0.2) is 0 Å². The molecular formula is C46H34N2S. The molecule has 0 aliphatic heterocycles. The van der Waals surface area contributed by atoms with E-state index in [1.807, 2.05) is 11.3 Å². The van der Waals surface area contributed by atoms with Gasteiger partial charge < -0.3 is 9.47 Å². The van der Waals surface area contributed by atoms with Gasteiger partial charge in [-0.1, -0.05) is 103 Å². The van der Waals surface area contributed by atoms with Crippen molar-refractivity contribution in [2.24, 2.45) is 0 Å². The van der Waals surface area contributed by atoms with Gasteiger partial charge in [0.05, 0.1) is 6.04 Å². The molecule has 49 heavy (non-hydrogen) atoms. The van der Waals surface area contributed by atoms with Crippen LogP contribution in [0.3, 0.4) is 0 Å². The van der Waals surface area contributed by atoms with Gasteiger partial charge in [-0.3, -0.25) is 0 Å². The van der Waals surface area contributed by atoms with Crippen molar-refractivity contribution in [3.05, 3.63) is 166 Å². The first-order valence-electron chi connectivity index (χ1n) is 17.3. The second-order valence-electron chi connectivity index (χ2n) is 13.2. The number of para-hydroxylation sites is 2. The van der Waals surface area contributed by atoms with Crippen LogP contribution in [0.25, 0.3) is 61.2 Å². The molecular weight excluding hydrogens is 613 g/mol. The largest absolute Gasteiger partial charge is 0.333 e. The zero-order valence-corrected chi connectivity index (χ0v) is 27.9. The minimum absolute atomic E-state index is 0.279. The summed E-state index contributed by atoms with van der Waals surface area (Å²) in [6.45, 7) is 0. The molecule has 3 heteroatoms. The van der Waals surface area contributed by atoms with Crippen molar-refractivity contribution in [2.75, 3.05) is 4.90 Å². The summed E-state index contributed by atoms with van der Waals surface area (Å²) >= 11 is 1.94. The monoisotopic (exact) mass is 646 g/mol. The van der Waals surface area contributed by atoms with E-state index in [-0.39, 0.29) is 6.04 Å². The quantitative estimate of drug-likeness (QED) is 0.181. The van der Waals surface area contributed by atoms with Crippen LogP contribution >= 0.6 is 11.3 Å². The van der Waals surface area contributed by atoms with Gasteiger partial charge in [0, 0.05) is 53.8 Å². The second kappa shape index (κ2) is 11.5. The van der Waals surface area contributed by atoms with E-state index in [2.05, 4.69) is 173 Å². The van der Waals surface area contributed by atoms with Crippen LogP contribution in [-0.2, 0) is 6.42 Å². The highest BCUT2D eigenvalue weighted by atomic mass is 32.1. The van der Waals surface area contributed by atoms with Crippen LogP contribution in [0.1, 0.15) is 29.3 Å². The minimum atomic E-state index is 0.279. The summed E-state index contributed by atoms with van der Waals surface area (Å²) in [5.41, 5.74) is 9.91. The lowest BCUT2D eigenvalue weighted by atomic mass is 10.0. The van der Waals surface area contributed by atoms with Crippen LogP contribution in [0.5, 0.6) is 0 Å². The molecule has 0 radical (unpaired) electrons. The molecule has 2 heterocycles. The van der Waals surface area contributed by atoms with Gasteiger partial charge in [-0.05, 0) is 107 Å². The maximum atomic E-state index is 2.54. The summed E-state index contributed by atoms with van der Waals surface area (Å²) < 4.78 is 3.91. The smallest absolute Gasteiger partial charge is 0.0566 e. The van der Waals surface area contributed by atoms with Gasteiger partial charge in [-0.25, -0.2) is 0 Å². The zero-order valence-electron chi connectivity index (χ0n) is 27.1. The molecule has 0 N–H and O–H groups in total. The molecule has 234 valence electrons. The molecule has 0 saturated carbocycles. The Kier molecular flexibility index (Phi) is 6.66. The Labute approximate surface area is 289 Å². The molecule has 0 bridgehead atoms. The maximum Gasteiger partial charge on any atom is 0.0566 e. The molecule has 0 fully saturated rings. The van der Waals surface area contributed by atoms with Crippen molar-refractivity contribution in [1.82, 2.24) is 4.57 Å². The number of allylic oxidation sites excluding steroid dienone is 1. The Hall–Kier alpha value is -5.64. The number of anilines is 3. The van der Waals surface area contributed by atoms with Gasteiger partial charge in [0.25, 0.3) is 0 Å². The topological polar surface area (TPSA) is 8.17 Å². The van der Waals surface area contributed by atoms with Crippen LogP contribution in [-0.4, -0.2) is 4.57 Å². The highest BCUT2D eigenvalue weighted by Crippen LogP contribution is 2.42. The van der Waals surface area contributed by atoms with Gasteiger partial charge in [-0.15, -0.1) is 11.3 Å². The fraction of sp³-hybridized carbons (Fsp3) is 0.0870. The van der Waals surface area contributed by atoms with Crippen molar-refractivity contribution in [3.8, 4) is 11.1 Å². The molecule has 0 spiro atoms. The maximum absolute atomic E-state index is 2.54. The fourth-order valence-electron chi connectivity index (χ4n) is 8.00. The van der Waals surface area contributed by atoms with Crippen LogP contribution in [0.4, 0.5) is 17.1 Å². The van der Waals surface area contributed by atoms with Gasteiger partial charge in [-0.2, -0.15) is 0 Å². The third kappa shape index (κ3) is 4.76. The Balaban J connectivity index is 1.05. The SMILES string of the molecule is C1=Cc2c(sc3ccc(N(c4ccccc4)c4ccc(-c5ccc6c(c5)c5ccccc5n6C5C=c6ccccc6=CC5)cc4)cc23)CC1. The number of aromatic nitrogens is 1. The van der Waals surface area contributed by atoms with Crippen molar-refractivity contribution in [1.29, 1.82) is 0 Å². The predicted octanol–water partition coefficient (Wildman–Crippen LogP) is 11.3. The number of aryl methyl sites for hydroxylation is 1. The third-order valence-electron chi connectivity index (χ3n) is 10.3. The van der Waals surface area contributed by atoms with Gasteiger partial charge >= 0.3 is 0 Å². The molecule has 1 unspecified atom stereocenters. The molecule has 2 aliphatic rings. The van der Waals surface area contributed by atoms with Crippen LogP contribution in [0.2, 0.25) is 0 Å². The molecule has 8 aromatic rings. The highest BCUT2D eigenvalue weighted by Gasteiger charge is 2.20. The summed E-state index contributed by atoms with van der Waals surface area (Å²) in [4.78, 5) is 3.89. The van der Waals surface area contributed by atoms with Crippen molar-refractivity contribution in [3.63, 3.8) is 0 Å². The fourth-order valence-corrected chi connectivity index (χ4v) is 9.19. The third-order valence-corrected chi connectivity index (χ3v) is 11.6. The molecule has 6 aromatic carbocycles. The van der Waals surface area contributed by atoms with E-state index in [4.69, 9.17) is 0 Å². The molecule has 2 nitrogen and oxygen atoms in total. The Morgan fingerprint density at radius 3 is 2.22 bits per heavy atom.